The maximum absolute atomic E-state index is 13.2. The van der Waals surface area contributed by atoms with E-state index in [-0.39, 0.29) is 11.9 Å². The van der Waals surface area contributed by atoms with Crippen LogP contribution >= 0.6 is 0 Å². The van der Waals surface area contributed by atoms with E-state index in [1.54, 1.807) is 11.1 Å². The highest BCUT2D eigenvalue weighted by molar-refractivity contribution is 5.85. The van der Waals surface area contributed by atoms with Crippen LogP contribution in [0.1, 0.15) is 63.1 Å². The van der Waals surface area contributed by atoms with Gasteiger partial charge in [-0.3, -0.25) is 4.79 Å². The van der Waals surface area contributed by atoms with E-state index in [1.807, 2.05) is 27.0 Å². The van der Waals surface area contributed by atoms with Crippen molar-refractivity contribution in [3.63, 3.8) is 0 Å². The summed E-state index contributed by atoms with van der Waals surface area (Å²) in [4.78, 5) is 21.9. The molecule has 1 unspecified atom stereocenters. The lowest BCUT2D eigenvalue weighted by Crippen LogP contribution is -2.42. The fraction of sp³-hybridized carbons (Fsp3) is 0.520. The van der Waals surface area contributed by atoms with Gasteiger partial charge in [-0.2, -0.15) is 0 Å². The second-order valence-corrected chi connectivity index (χ2v) is 9.70. The van der Waals surface area contributed by atoms with Crippen LogP contribution < -0.4 is 11.1 Å². The minimum Gasteiger partial charge on any atom is -0.370 e. The molecule has 0 radical (unpaired) electrons. The van der Waals surface area contributed by atoms with Crippen molar-refractivity contribution in [2.45, 2.75) is 64.5 Å². The minimum atomic E-state index is -0.483. The number of nitrogens with one attached hydrogen (secondary N) is 1. The first-order chi connectivity index (χ1) is 14.8. The van der Waals surface area contributed by atoms with Gasteiger partial charge in [0.05, 0.1) is 22.9 Å². The van der Waals surface area contributed by atoms with Crippen LogP contribution in [0.25, 0.3) is 0 Å². The van der Waals surface area contributed by atoms with Crippen LogP contribution in [0.15, 0.2) is 53.4 Å². The van der Waals surface area contributed by atoms with Crippen LogP contribution in [0.5, 0.6) is 0 Å². The molecule has 1 heterocycles. The molecule has 2 aliphatic carbocycles. The molecule has 6 nitrogen and oxygen atoms in total. The summed E-state index contributed by atoms with van der Waals surface area (Å²) >= 11 is 0. The first-order valence-corrected chi connectivity index (χ1v) is 11.4. The molecule has 3 aliphatic rings. The number of nitrogens with zero attached hydrogens (tertiary/aromatic N) is 3. The summed E-state index contributed by atoms with van der Waals surface area (Å²) in [5.74, 6) is 0.446. The van der Waals surface area contributed by atoms with E-state index in [0.29, 0.717) is 18.5 Å². The average molecular weight is 422 g/mol. The number of rotatable bonds is 3. The van der Waals surface area contributed by atoms with Gasteiger partial charge in [0.25, 0.3) is 0 Å². The average Bonchev–Trinajstić information content (AvgIpc) is 3.40. The number of amides is 1. The summed E-state index contributed by atoms with van der Waals surface area (Å²) in [6, 6.07) is 8.92. The molecule has 1 saturated carbocycles. The van der Waals surface area contributed by atoms with E-state index in [9.17, 15) is 4.79 Å². The maximum atomic E-state index is 13.2. The maximum Gasteiger partial charge on any atom is 0.234 e. The van der Waals surface area contributed by atoms with Gasteiger partial charge in [-0.15, -0.1) is 0 Å². The van der Waals surface area contributed by atoms with Gasteiger partial charge in [-0.1, -0.05) is 43.7 Å². The molecule has 31 heavy (non-hydrogen) atoms. The fourth-order valence-electron chi connectivity index (χ4n) is 5.25. The van der Waals surface area contributed by atoms with Crippen molar-refractivity contribution in [1.82, 2.24) is 15.1 Å². The van der Waals surface area contributed by atoms with Crippen LogP contribution in [0.3, 0.4) is 0 Å². The van der Waals surface area contributed by atoms with Gasteiger partial charge in [0.2, 0.25) is 5.91 Å². The largest absolute Gasteiger partial charge is 0.370 e. The standard InChI is InChI=1S/C25H35N5O/c1-17-22(15-27-24(26)28-21-14-13-18-9-5-8-12-20(18)21)29(4)23(31)25(2,3)16-30(17)19-10-6-7-11-19/h5,8-9,12,15,19,21H,1,6-7,10-11,13-14,16H2,2-4H3,(H3,26,27,28). The number of aryl methyl sites for hydroxylation is 1. The number of nitrogens with two attached hydrogens (primary N) is 1. The van der Waals surface area contributed by atoms with E-state index >= 15 is 0 Å². The molecule has 1 aromatic rings. The second-order valence-electron chi connectivity index (χ2n) is 9.70. The number of carbonyl (C=O) groups excluding carboxylic acids is 1. The Balaban J connectivity index is 1.57. The van der Waals surface area contributed by atoms with Gasteiger partial charge < -0.3 is 20.9 Å². The molecule has 1 aliphatic heterocycles. The van der Waals surface area contributed by atoms with Crippen molar-refractivity contribution >= 4 is 11.9 Å². The molecule has 1 saturated heterocycles. The highest BCUT2D eigenvalue weighted by Gasteiger charge is 2.41. The molecule has 1 amide bonds. The fourth-order valence-corrected chi connectivity index (χ4v) is 5.25. The quantitative estimate of drug-likeness (QED) is 0.577. The smallest absolute Gasteiger partial charge is 0.234 e. The van der Waals surface area contributed by atoms with E-state index in [2.05, 4.69) is 35.0 Å². The van der Waals surface area contributed by atoms with Crippen molar-refractivity contribution < 1.29 is 4.79 Å². The van der Waals surface area contributed by atoms with Crippen molar-refractivity contribution in [3.05, 3.63) is 59.6 Å². The van der Waals surface area contributed by atoms with Crippen molar-refractivity contribution in [1.29, 1.82) is 0 Å². The molecule has 166 valence electrons. The Bertz CT molecular complexity index is 926. The molecule has 4 rings (SSSR count). The topological polar surface area (TPSA) is 74.0 Å². The second kappa shape index (κ2) is 8.40. The number of likely N-dealkylation sites (N-methyl/N-ethyl adjacent to an activating group) is 1. The Morgan fingerprint density at radius 1 is 1.26 bits per heavy atom. The SMILES string of the molecule is C=C1C(=CNC(N)=NC2CCc3ccccc32)N(C)C(=O)C(C)(C)CN1C1CCCC1. The number of fused-ring (bicyclic) bond motifs is 1. The van der Waals surface area contributed by atoms with Crippen molar-refractivity contribution in [3.8, 4) is 0 Å². The Kier molecular flexibility index (Phi) is 5.82. The Labute approximate surface area is 185 Å². The number of carbonyl (C=O) groups is 1. The van der Waals surface area contributed by atoms with Gasteiger partial charge in [-0.05, 0) is 50.7 Å². The normalized spacial score (nSPS) is 25.8. The summed E-state index contributed by atoms with van der Waals surface area (Å²) < 4.78 is 0. The number of guanidine groups is 1. The summed E-state index contributed by atoms with van der Waals surface area (Å²) in [7, 11) is 1.82. The molecular weight excluding hydrogens is 386 g/mol. The third-order valence-electron chi connectivity index (χ3n) is 6.97. The zero-order valence-electron chi connectivity index (χ0n) is 19.0. The van der Waals surface area contributed by atoms with E-state index in [0.717, 1.165) is 37.1 Å². The van der Waals surface area contributed by atoms with Gasteiger partial charge in [-0.25, -0.2) is 4.99 Å². The summed E-state index contributed by atoms with van der Waals surface area (Å²) in [5.41, 5.74) is 10.00. The van der Waals surface area contributed by atoms with Crippen LogP contribution in [0, 0.1) is 5.41 Å². The molecule has 0 spiro atoms. The first kappa shape index (κ1) is 21.5. The molecule has 1 atom stereocenters. The monoisotopic (exact) mass is 421 g/mol. The zero-order chi connectivity index (χ0) is 22.2. The summed E-state index contributed by atoms with van der Waals surface area (Å²) in [6.45, 7) is 9.10. The minimum absolute atomic E-state index is 0.0766. The molecular formula is C25H35N5O. The van der Waals surface area contributed by atoms with Gasteiger partial charge >= 0.3 is 0 Å². The Morgan fingerprint density at radius 2 is 1.97 bits per heavy atom. The summed E-state index contributed by atoms with van der Waals surface area (Å²) in [6.07, 6.45) is 8.56. The molecule has 0 bridgehead atoms. The first-order valence-electron chi connectivity index (χ1n) is 11.4. The van der Waals surface area contributed by atoms with Crippen molar-refractivity contribution in [2.75, 3.05) is 13.6 Å². The Hall–Kier alpha value is -2.76. The zero-order valence-corrected chi connectivity index (χ0v) is 19.0. The van der Waals surface area contributed by atoms with Gasteiger partial charge in [0.15, 0.2) is 5.96 Å². The third-order valence-corrected chi connectivity index (χ3v) is 6.97. The van der Waals surface area contributed by atoms with Gasteiger partial charge in [0, 0.05) is 25.8 Å². The lowest BCUT2D eigenvalue weighted by atomic mass is 9.91. The molecule has 2 fully saturated rings. The van der Waals surface area contributed by atoms with Crippen LogP contribution in [-0.4, -0.2) is 41.3 Å². The lowest BCUT2D eigenvalue weighted by Gasteiger charge is -2.35. The molecule has 0 aromatic heterocycles. The number of aliphatic imine (C=N–C) groups is 1. The highest BCUT2D eigenvalue weighted by Crippen LogP contribution is 2.37. The Morgan fingerprint density at radius 3 is 2.71 bits per heavy atom. The predicted molar refractivity (Wildman–Crippen MR) is 125 cm³/mol. The highest BCUT2D eigenvalue weighted by atomic mass is 16.2. The predicted octanol–water partition coefficient (Wildman–Crippen LogP) is 3.68. The molecule has 3 N–H and O–H groups in total. The lowest BCUT2D eigenvalue weighted by molar-refractivity contribution is -0.136. The van der Waals surface area contributed by atoms with Crippen LogP contribution in [0.4, 0.5) is 0 Å². The van der Waals surface area contributed by atoms with E-state index in [1.165, 1.54) is 24.0 Å². The van der Waals surface area contributed by atoms with E-state index < -0.39 is 5.41 Å². The van der Waals surface area contributed by atoms with Crippen LogP contribution in [0.2, 0.25) is 0 Å². The van der Waals surface area contributed by atoms with Crippen molar-refractivity contribution in [2.24, 2.45) is 16.1 Å². The number of hydrogen-bond donors (Lipinski definition) is 2. The number of hydrogen-bond acceptors (Lipinski definition) is 3. The number of benzene rings is 1. The summed E-state index contributed by atoms with van der Waals surface area (Å²) in [5, 5.41) is 3.14. The van der Waals surface area contributed by atoms with E-state index in [4.69, 9.17) is 10.7 Å². The molecule has 1 aromatic carbocycles. The molecule has 6 heteroatoms. The van der Waals surface area contributed by atoms with Crippen LogP contribution in [-0.2, 0) is 11.2 Å². The van der Waals surface area contributed by atoms with Gasteiger partial charge in [0.1, 0.15) is 0 Å². The third kappa shape index (κ3) is 4.21.